The van der Waals surface area contributed by atoms with E-state index in [4.69, 9.17) is 18.9 Å². The molecule has 0 bridgehead atoms. The van der Waals surface area contributed by atoms with Gasteiger partial charge in [0.15, 0.2) is 12.6 Å². The van der Waals surface area contributed by atoms with Crippen LogP contribution in [0.15, 0.2) is 60.7 Å². The molecule has 6 atom stereocenters. The van der Waals surface area contributed by atoms with Gasteiger partial charge in [0.1, 0.15) is 24.4 Å². The number of aliphatic hydroxyl groups excluding tert-OH is 2. The Bertz CT molecular complexity index is 634. The maximum absolute atomic E-state index is 10.6. The monoisotopic (exact) mass is 358 g/mol. The summed E-state index contributed by atoms with van der Waals surface area (Å²) in [6.07, 6.45) is -4.60. The Hall–Kier alpha value is -1.80. The van der Waals surface area contributed by atoms with Crippen molar-refractivity contribution < 1.29 is 29.2 Å². The average molecular weight is 358 g/mol. The molecule has 6 heteroatoms. The van der Waals surface area contributed by atoms with Crippen molar-refractivity contribution in [2.45, 2.75) is 37.0 Å². The van der Waals surface area contributed by atoms with Crippen LogP contribution < -0.4 is 0 Å². The van der Waals surface area contributed by atoms with E-state index in [1.165, 1.54) is 0 Å². The molecule has 2 saturated heterocycles. The van der Waals surface area contributed by atoms with Crippen molar-refractivity contribution in [1.29, 1.82) is 0 Å². The van der Waals surface area contributed by atoms with Crippen LogP contribution in [0.5, 0.6) is 0 Å². The van der Waals surface area contributed by atoms with Gasteiger partial charge in [-0.1, -0.05) is 60.7 Å². The number of ether oxygens (including phenoxy) is 4. The molecule has 2 aromatic rings. The predicted molar refractivity (Wildman–Crippen MR) is 92.0 cm³/mol. The molecule has 2 unspecified atom stereocenters. The Morgan fingerprint density at radius 1 is 0.615 bits per heavy atom. The molecule has 0 spiro atoms. The van der Waals surface area contributed by atoms with Crippen molar-refractivity contribution in [3.05, 3.63) is 71.8 Å². The molecule has 138 valence electrons. The average Bonchev–Trinajstić information content (AvgIpc) is 3.15. The zero-order valence-electron chi connectivity index (χ0n) is 14.2. The number of aliphatic hydroxyl groups is 2. The summed E-state index contributed by atoms with van der Waals surface area (Å²) in [5.41, 5.74) is 1.66. The lowest BCUT2D eigenvalue weighted by atomic mass is 10.0. The van der Waals surface area contributed by atoms with Crippen LogP contribution in [-0.2, 0) is 18.9 Å². The van der Waals surface area contributed by atoms with E-state index in [-0.39, 0.29) is 13.2 Å². The van der Waals surface area contributed by atoms with Crippen molar-refractivity contribution in [2.75, 3.05) is 13.2 Å². The second kappa shape index (κ2) is 7.84. The highest BCUT2D eigenvalue weighted by Crippen LogP contribution is 2.36. The van der Waals surface area contributed by atoms with Crippen LogP contribution in [0.25, 0.3) is 0 Å². The highest BCUT2D eigenvalue weighted by molar-refractivity contribution is 5.18. The molecule has 0 radical (unpaired) electrons. The summed E-state index contributed by atoms with van der Waals surface area (Å²) in [4.78, 5) is 0. The van der Waals surface area contributed by atoms with Crippen molar-refractivity contribution in [3.8, 4) is 0 Å². The second-order valence-corrected chi connectivity index (χ2v) is 6.49. The Morgan fingerprint density at radius 3 is 1.50 bits per heavy atom. The van der Waals surface area contributed by atoms with Gasteiger partial charge in [0, 0.05) is 11.1 Å². The van der Waals surface area contributed by atoms with E-state index in [0.29, 0.717) is 0 Å². The Kier molecular flexibility index (Phi) is 5.31. The minimum absolute atomic E-state index is 0.0122. The first kappa shape index (κ1) is 17.6. The van der Waals surface area contributed by atoms with Gasteiger partial charge in [0.05, 0.1) is 13.2 Å². The minimum Gasteiger partial charge on any atom is -0.388 e. The first-order chi connectivity index (χ1) is 12.7. The first-order valence-corrected chi connectivity index (χ1v) is 8.72. The van der Waals surface area contributed by atoms with Crippen LogP contribution in [0.4, 0.5) is 0 Å². The third-order valence-electron chi connectivity index (χ3n) is 4.62. The van der Waals surface area contributed by atoms with Crippen LogP contribution in [0.2, 0.25) is 0 Å². The van der Waals surface area contributed by atoms with Crippen LogP contribution in [0, 0.1) is 0 Å². The highest BCUT2D eigenvalue weighted by atomic mass is 16.7. The topological polar surface area (TPSA) is 77.4 Å². The molecule has 4 rings (SSSR count). The normalized spacial score (nSPS) is 35.2. The van der Waals surface area contributed by atoms with E-state index in [2.05, 4.69) is 0 Å². The summed E-state index contributed by atoms with van der Waals surface area (Å²) in [5.74, 6) is 0. The molecule has 0 aliphatic carbocycles. The first-order valence-electron chi connectivity index (χ1n) is 8.72. The maximum atomic E-state index is 10.6. The number of hydrogen-bond donors (Lipinski definition) is 2. The zero-order chi connectivity index (χ0) is 17.9. The lowest BCUT2D eigenvalue weighted by Crippen LogP contribution is -2.44. The lowest BCUT2D eigenvalue weighted by Gasteiger charge is -2.23. The van der Waals surface area contributed by atoms with Gasteiger partial charge >= 0.3 is 0 Å². The van der Waals surface area contributed by atoms with Gasteiger partial charge in [-0.3, -0.25) is 0 Å². The molecular weight excluding hydrogens is 336 g/mol. The van der Waals surface area contributed by atoms with Gasteiger partial charge in [-0.2, -0.15) is 0 Å². The van der Waals surface area contributed by atoms with E-state index in [1.807, 2.05) is 60.7 Å². The van der Waals surface area contributed by atoms with Gasteiger partial charge in [0.25, 0.3) is 0 Å². The zero-order valence-corrected chi connectivity index (χ0v) is 14.2. The second-order valence-electron chi connectivity index (χ2n) is 6.49. The molecule has 2 N–H and O–H groups in total. The van der Waals surface area contributed by atoms with Gasteiger partial charge in [0.2, 0.25) is 0 Å². The SMILES string of the molecule is O[C@@H]1COC(c2ccccc2)OC[C@H](O)[C@@H]2OC(c3ccccc3)O[C@H]21. The fraction of sp³-hybridized carbons (Fsp3) is 0.400. The third kappa shape index (κ3) is 3.66. The van der Waals surface area contributed by atoms with Gasteiger partial charge < -0.3 is 29.2 Å². The van der Waals surface area contributed by atoms with Gasteiger partial charge in [-0.25, -0.2) is 0 Å². The highest BCUT2D eigenvalue weighted by Gasteiger charge is 2.46. The third-order valence-corrected chi connectivity index (χ3v) is 4.62. The largest absolute Gasteiger partial charge is 0.388 e. The van der Waals surface area contributed by atoms with E-state index < -0.39 is 37.0 Å². The standard InChI is InChI=1S/C20H22O6/c21-15-11-23-19(13-7-3-1-4-8-13)24-12-16(22)18-17(15)25-20(26-18)14-9-5-2-6-10-14/h1-10,15-22H,11-12H2/t15-,16+,17-,18-,19?,20?/m0/s1. The Balaban J connectivity index is 1.50. The van der Waals surface area contributed by atoms with Gasteiger partial charge in [-0.05, 0) is 0 Å². The molecule has 6 nitrogen and oxygen atoms in total. The summed E-state index contributed by atoms with van der Waals surface area (Å²) >= 11 is 0. The molecule has 2 aromatic carbocycles. The summed E-state index contributed by atoms with van der Waals surface area (Å²) in [5, 5.41) is 21.1. The summed E-state index contributed by atoms with van der Waals surface area (Å²) in [7, 11) is 0. The van der Waals surface area contributed by atoms with E-state index in [1.54, 1.807) is 0 Å². The van der Waals surface area contributed by atoms with E-state index >= 15 is 0 Å². The molecule has 0 saturated carbocycles. The molecule has 26 heavy (non-hydrogen) atoms. The predicted octanol–water partition coefficient (Wildman–Crippen LogP) is 1.94. The molecule has 0 aromatic heterocycles. The smallest absolute Gasteiger partial charge is 0.184 e. The van der Waals surface area contributed by atoms with Crippen molar-refractivity contribution in [2.24, 2.45) is 0 Å². The van der Waals surface area contributed by atoms with Crippen LogP contribution in [-0.4, -0.2) is 47.8 Å². The Morgan fingerprint density at radius 2 is 1.04 bits per heavy atom. The summed E-state index contributed by atoms with van der Waals surface area (Å²) < 4.78 is 23.3. The van der Waals surface area contributed by atoms with Crippen LogP contribution in [0.1, 0.15) is 23.7 Å². The quantitative estimate of drug-likeness (QED) is 0.854. The van der Waals surface area contributed by atoms with Crippen LogP contribution >= 0.6 is 0 Å². The molecule has 2 aliphatic heterocycles. The lowest BCUT2D eigenvalue weighted by molar-refractivity contribution is -0.183. The van der Waals surface area contributed by atoms with E-state index in [9.17, 15) is 10.2 Å². The molecular formula is C20H22O6. The Labute approximate surface area is 151 Å². The number of benzene rings is 2. The van der Waals surface area contributed by atoms with Crippen molar-refractivity contribution >= 4 is 0 Å². The van der Waals surface area contributed by atoms with Crippen molar-refractivity contribution in [1.82, 2.24) is 0 Å². The fourth-order valence-electron chi connectivity index (χ4n) is 3.27. The fourth-order valence-corrected chi connectivity index (χ4v) is 3.27. The van der Waals surface area contributed by atoms with E-state index in [0.717, 1.165) is 11.1 Å². The maximum Gasteiger partial charge on any atom is 0.184 e. The van der Waals surface area contributed by atoms with Crippen molar-refractivity contribution in [3.63, 3.8) is 0 Å². The summed E-state index contributed by atoms with van der Waals surface area (Å²) in [6.45, 7) is 0.0244. The number of rotatable bonds is 2. The van der Waals surface area contributed by atoms with Crippen LogP contribution in [0.3, 0.4) is 0 Å². The molecule has 2 aliphatic rings. The number of hydrogen-bond acceptors (Lipinski definition) is 6. The summed E-state index contributed by atoms with van der Waals surface area (Å²) in [6, 6.07) is 18.9. The molecule has 2 fully saturated rings. The van der Waals surface area contributed by atoms with Gasteiger partial charge in [-0.15, -0.1) is 0 Å². The molecule has 2 heterocycles. The number of fused-ring (bicyclic) bond motifs is 1. The minimum atomic E-state index is -0.948. The molecule has 0 amide bonds.